The lowest BCUT2D eigenvalue weighted by Gasteiger charge is -2.19. The van der Waals surface area contributed by atoms with Crippen molar-refractivity contribution in [3.8, 4) is 0 Å². The highest BCUT2D eigenvalue weighted by atomic mass is 32.2. The topological polar surface area (TPSA) is 65.1 Å². The molecular weight excluding hydrogens is 260 g/mol. The van der Waals surface area contributed by atoms with Crippen molar-refractivity contribution in [1.82, 2.24) is 4.57 Å². The Balaban J connectivity index is 2.10. The van der Waals surface area contributed by atoms with Crippen LogP contribution in [0.3, 0.4) is 0 Å². The molecule has 1 aliphatic carbocycles. The molecular formula is C14H24N2O2S. The molecule has 1 unspecified atom stereocenters. The second-order valence-corrected chi connectivity index (χ2v) is 9.27. The van der Waals surface area contributed by atoms with Gasteiger partial charge in [-0.1, -0.05) is 0 Å². The van der Waals surface area contributed by atoms with Crippen molar-refractivity contribution < 1.29 is 8.42 Å². The molecule has 0 aliphatic heterocycles. The first-order valence-electron chi connectivity index (χ1n) is 6.87. The fraction of sp³-hybridized carbons (Fsp3) is 0.714. The molecule has 1 heterocycles. The van der Waals surface area contributed by atoms with Crippen molar-refractivity contribution in [2.75, 3.05) is 5.75 Å². The third kappa shape index (κ3) is 3.03. The number of hydrogen-bond acceptors (Lipinski definition) is 3. The fourth-order valence-electron chi connectivity index (χ4n) is 2.45. The fourth-order valence-corrected chi connectivity index (χ4v) is 3.51. The molecule has 0 saturated carbocycles. The molecule has 1 aromatic rings. The SMILES string of the molecule is CC(C)(C)S(=O)(=O)CCn1cc2c(c1)C(N)CCC2. The zero-order chi connectivity index (χ0) is 14.3. The average molecular weight is 284 g/mol. The Morgan fingerprint density at radius 2 is 2.05 bits per heavy atom. The lowest BCUT2D eigenvalue weighted by Crippen LogP contribution is -2.31. The molecule has 0 saturated heterocycles. The van der Waals surface area contributed by atoms with Gasteiger partial charge in [-0.15, -0.1) is 0 Å². The normalized spacial score (nSPS) is 20.3. The van der Waals surface area contributed by atoms with E-state index in [0.717, 1.165) is 19.3 Å². The van der Waals surface area contributed by atoms with Crippen LogP contribution >= 0.6 is 0 Å². The first-order chi connectivity index (χ1) is 8.71. The molecule has 0 fully saturated rings. The highest BCUT2D eigenvalue weighted by Gasteiger charge is 2.28. The smallest absolute Gasteiger partial charge is 0.156 e. The number of aromatic nitrogens is 1. The van der Waals surface area contributed by atoms with E-state index in [1.165, 1.54) is 11.1 Å². The van der Waals surface area contributed by atoms with Crippen molar-refractivity contribution >= 4 is 9.84 Å². The standard InChI is InChI=1S/C14H24N2O2S/c1-14(2,3)19(17,18)8-7-16-9-11-5-4-6-13(15)12(11)10-16/h9-10,13H,4-8,15H2,1-3H3. The van der Waals surface area contributed by atoms with Gasteiger partial charge in [0, 0.05) is 25.0 Å². The van der Waals surface area contributed by atoms with Crippen molar-refractivity contribution in [1.29, 1.82) is 0 Å². The molecule has 0 bridgehead atoms. The quantitative estimate of drug-likeness (QED) is 0.923. The number of rotatable bonds is 3. The molecule has 5 heteroatoms. The van der Waals surface area contributed by atoms with E-state index < -0.39 is 14.6 Å². The predicted octanol–water partition coefficient (Wildman–Crippen LogP) is 2.04. The van der Waals surface area contributed by atoms with Crippen LogP contribution in [-0.4, -0.2) is 23.5 Å². The Kier molecular flexibility index (Phi) is 3.80. The maximum atomic E-state index is 12.1. The zero-order valence-corrected chi connectivity index (χ0v) is 12.8. The van der Waals surface area contributed by atoms with E-state index >= 15 is 0 Å². The summed E-state index contributed by atoms with van der Waals surface area (Å²) < 4.78 is 25.5. The van der Waals surface area contributed by atoms with E-state index in [2.05, 4.69) is 6.20 Å². The first-order valence-corrected chi connectivity index (χ1v) is 8.52. The monoisotopic (exact) mass is 284 g/mol. The maximum absolute atomic E-state index is 12.1. The highest BCUT2D eigenvalue weighted by Crippen LogP contribution is 2.28. The Hall–Kier alpha value is -0.810. The van der Waals surface area contributed by atoms with Gasteiger partial charge in [-0.2, -0.15) is 0 Å². The van der Waals surface area contributed by atoms with Gasteiger partial charge in [0.15, 0.2) is 9.84 Å². The molecule has 0 aromatic carbocycles. The summed E-state index contributed by atoms with van der Waals surface area (Å²) in [6.07, 6.45) is 7.29. The van der Waals surface area contributed by atoms with E-state index in [1.54, 1.807) is 20.8 Å². The molecule has 4 nitrogen and oxygen atoms in total. The summed E-state index contributed by atoms with van der Waals surface area (Å²) in [6.45, 7) is 5.76. The van der Waals surface area contributed by atoms with Crippen molar-refractivity contribution in [2.45, 2.75) is 57.4 Å². The second kappa shape index (κ2) is 4.94. The van der Waals surface area contributed by atoms with Crippen LogP contribution in [0.4, 0.5) is 0 Å². The van der Waals surface area contributed by atoms with Gasteiger partial charge >= 0.3 is 0 Å². The van der Waals surface area contributed by atoms with Gasteiger partial charge in [-0.3, -0.25) is 0 Å². The molecule has 19 heavy (non-hydrogen) atoms. The van der Waals surface area contributed by atoms with E-state index in [0.29, 0.717) is 6.54 Å². The van der Waals surface area contributed by atoms with Gasteiger partial charge in [0.05, 0.1) is 10.5 Å². The number of nitrogens with two attached hydrogens (primary N) is 1. The maximum Gasteiger partial charge on any atom is 0.156 e. The molecule has 108 valence electrons. The summed E-state index contributed by atoms with van der Waals surface area (Å²) in [6, 6.07) is 0.115. The third-order valence-corrected chi connectivity index (χ3v) is 6.50. The molecule has 1 aliphatic rings. The van der Waals surface area contributed by atoms with Crippen molar-refractivity contribution in [3.63, 3.8) is 0 Å². The van der Waals surface area contributed by atoms with Gasteiger partial charge in [0.25, 0.3) is 0 Å². The molecule has 0 amide bonds. The van der Waals surface area contributed by atoms with Crippen LogP contribution in [0.25, 0.3) is 0 Å². The summed E-state index contributed by atoms with van der Waals surface area (Å²) in [5.74, 6) is 0.180. The number of hydrogen-bond donors (Lipinski definition) is 1. The number of aryl methyl sites for hydroxylation is 2. The first kappa shape index (κ1) is 14.6. The Labute approximate surface area is 115 Å². The molecule has 0 radical (unpaired) electrons. The van der Waals surface area contributed by atoms with Gasteiger partial charge in [-0.25, -0.2) is 8.42 Å². The number of nitrogens with zero attached hydrogens (tertiary/aromatic N) is 1. The summed E-state index contributed by atoms with van der Waals surface area (Å²) in [7, 11) is -3.06. The molecule has 2 N–H and O–H groups in total. The zero-order valence-electron chi connectivity index (χ0n) is 12.0. The lowest BCUT2D eigenvalue weighted by atomic mass is 9.92. The highest BCUT2D eigenvalue weighted by molar-refractivity contribution is 7.92. The Morgan fingerprint density at radius 1 is 1.37 bits per heavy atom. The molecule has 1 aromatic heterocycles. The van der Waals surface area contributed by atoms with Crippen molar-refractivity contribution in [2.24, 2.45) is 5.73 Å². The summed E-state index contributed by atoms with van der Waals surface area (Å²) in [5.41, 5.74) is 8.56. The predicted molar refractivity (Wildman–Crippen MR) is 77.8 cm³/mol. The van der Waals surface area contributed by atoms with E-state index in [4.69, 9.17) is 5.73 Å². The Morgan fingerprint density at radius 3 is 2.63 bits per heavy atom. The molecule has 2 rings (SSSR count). The van der Waals surface area contributed by atoms with Gasteiger partial charge in [0.1, 0.15) is 0 Å². The summed E-state index contributed by atoms with van der Waals surface area (Å²) >= 11 is 0. The Bertz CT molecular complexity index is 552. The van der Waals surface area contributed by atoms with Crippen LogP contribution in [0.2, 0.25) is 0 Å². The van der Waals surface area contributed by atoms with Gasteiger partial charge in [0.2, 0.25) is 0 Å². The lowest BCUT2D eigenvalue weighted by molar-refractivity contribution is 0.553. The summed E-state index contributed by atoms with van der Waals surface area (Å²) in [5, 5.41) is 0. The van der Waals surface area contributed by atoms with Gasteiger partial charge < -0.3 is 10.3 Å². The average Bonchev–Trinajstić information content (AvgIpc) is 2.69. The van der Waals surface area contributed by atoms with Crippen LogP contribution in [-0.2, 0) is 22.8 Å². The number of fused-ring (bicyclic) bond motifs is 1. The third-order valence-electron chi connectivity index (χ3n) is 3.91. The number of sulfone groups is 1. The van der Waals surface area contributed by atoms with Crippen LogP contribution in [0, 0.1) is 0 Å². The van der Waals surface area contributed by atoms with E-state index in [1.807, 2.05) is 10.8 Å². The van der Waals surface area contributed by atoms with Crippen LogP contribution in [0.5, 0.6) is 0 Å². The minimum atomic E-state index is -3.06. The van der Waals surface area contributed by atoms with E-state index in [9.17, 15) is 8.42 Å². The minimum absolute atomic E-state index is 0.115. The van der Waals surface area contributed by atoms with Crippen molar-refractivity contribution in [3.05, 3.63) is 23.5 Å². The molecule has 1 atom stereocenters. The minimum Gasteiger partial charge on any atom is -0.353 e. The second-order valence-electron chi connectivity index (χ2n) is 6.41. The van der Waals surface area contributed by atoms with Gasteiger partial charge in [-0.05, 0) is 51.2 Å². The van der Waals surface area contributed by atoms with Crippen LogP contribution in [0.1, 0.15) is 50.8 Å². The van der Waals surface area contributed by atoms with Crippen LogP contribution < -0.4 is 5.73 Å². The summed E-state index contributed by atoms with van der Waals surface area (Å²) in [4.78, 5) is 0. The van der Waals surface area contributed by atoms with E-state index in [-0.39, 0.29) is 11.8 Å². The van der Waals surface area contributed by atoms with Crippen LogP contribution in [0.15, 0.2) is 12.4 Å². The molecule has 0 spiro atoms. The largest absolute Gasteiger partial charge is 0.353 e.